The van der Waals surface area contributed by atoms with Gasteiger partial charge in [-0.05, 0) is 12.1 Å². The van der Waals surface area contributed by atoms with E-state index in [2.05, 4.69) is 44.2 Å². The molecule has 1 aromatic carbocycles. The minimum absolute atomic E-state index is 1.02. The number of unbranched alkanes of at least 4 members (excludes halogenated alkanes) is 4. The SMILES string of the molecule is CCCC[CH2][Al]([CH2]CCCC)[O]c1ccccc1. The van der Waals surface area contributed by atoms with Gasteiger partial charge in [0.15, 0.2) is 0 Å². The molecule has 100 valence electrons. The molecule has 0 aliphatic heterocycles. The van der Waals surface area contributed by atoms with Crippen LogP contribution in [-0.4, -0.2) is 14.5 Å². The summed E-state index contributed by atoms with van der Waals surface area (Å²) in [5.41, 5.74) is 0. The summed E-state index contributed by atoms with van der Waals surface area (Å²) in [5, 5.41) is 2.68. The Morgan fingerprint density at radius 2 is 1.39 bits per heavy atom. The lowest BCUT2D eigenvalue weighted by Gasteiger charge is -2.15. The maximum absolute atomic E-state index is 6.25. The number of hydrogen-bond donors (Lipinski definition) is 0. The van der Waals surface area contributed by atoms with Gasteiger partial charge in [0.1, 0.15) is 0 Å². The van der Waals surface area contributed by atoms with Gasteiger partial charge in [-0.1, -0.05) is 81.1 Å². The molecule has 0 aliphatic rings. The highest BCUT2D eigenvalue weighted by atomic mass is 27.2. The number of benzene rings is 1. The van der Waals surface area contributed by atoms with E-state index in [9.17, 15) is 0 Å². The molecule has 0 N–H and O–H groups in total. The van der Waals surface area contributed by atoms with Gasteiger partial charge < -0.3 is 3.79 Å². The maximum Gasteiger partial charge on any atom is 0.546 e. The van der Waals surface area contributed by atoms with Crippen molar-refractivity contribution < 1.29 is 3.79 Å². The molecule has 0 saturated carbocycles. The molecule has 0 saturated heterocycles. The van der Waals surface area contributed by atoms with E-state index in [0.717, 1.165) is 5.75 Å². The van der Waals surface area contributed by atoms with Crippen LogP contribution in [0.25, 0.3) is 0 Å². The van der Waals surface area contributed by atoms with Gasteiger partial charge in [0.05, 0.1) is 5.75 Å². The van der Waals surface area contributed by atoms with E-state index in [1.165, 1.54) is 49.1 Å². The van der Waals surface area contributed by atoms with Gasteiger partial charge in [-0.2, -0.15) is 0 Å². The molecular weight excluding hydrogens is 235 g/mol. The molecule has 0 aromatic heterocycles. The second-order valence-electron chi connectivity index (χ2n) is 5.04. The molecule has 2 heteroatoms. The molecule has 0 atom stereocenters. The number of para-hydroxylation sites is 1. The summed E-state index contributed by atoms with van der Waals surface area (Å²) < 4.78 is 6.25. The van der Waals surface area contributed by atoms with E-state index >= 15 is 0 Å². The van der Waals surface area contributed by atoms with Crippen molar-refractivity contribution in [1.29, 1.82) is 0 Å². The zero-order valence-corrected chi connectivity index (χ0v) is 13.2. The molecule has 18 heavy (non-hydrogen) atoms. The fraction of sp³-hybridized carbons (Fsp3) is 0.625. The molecule has 1 rings (SSSR count). The summed E-state index contributed by atoms with van der Waals surface area (Å²) in [5.74, 6) is 1.09. The lowest BCUT2D eigenvalue weighted by molar-refractivity contribution is 0.549. The van der Waals surface area contributed by atoms with Crippen molar-refractivity contribution in [2.45, 2.75) is 62.9 Å². The van der Waals surface area contributed by atoms with Crippen molar-refractivity contribution in [3.8, 4) is 5.75 Å². The Morgan fingerprint density at radius 1 is 0.833 bits per heavy atom. The average molecular weight is 262 g/mol. The van der Waals surface area contributed by atoms with Crippen LogP contribution in [0, 0.1) is 0 Å². The molecule has 1 aromatic rings. The molecule has 0 amide bonds. The quantitative estimate of drug-likeness (QED) is 0.403. The Bertz CT molecular complexity index is 276. The van der Waals surface area contributed by atoms with Crippen LogP contribution >= 0.6 is 0 Å². The third-order valence-electron chi connectivity index (χ3n) is 3.31. The van der Waals surface area contributed by atoms with Crippen molar-refractivity contribution >= 4 is 14.5 Å². The Balaban J connectivity index is 2.37. The fourth-order valence-electron chi connectivity index (χ4n) is 2.20. The first-order valence-corrected chi connectivity index (χ1v) is 9.69. The first-order chi connectivity index (χ1) is 8.86. The van der Waals surface area contributed by atoms with Crippen molar-refractivity contribution in [1.82, 2.24) is 0 Å². The Labute approximate surface area is 117 Å². The normalized spacial score (nSPS) is 10.3. The molecular formula is C16H27AlO. The maximum atomic E-state index is 6.25. The van der Waals surface area contributed by atoms with Gasteiger partial charge in [-0.3, -0.25) is 0 Å². The van der Waals surface area contributed by atoms with E-state index in [1.54, 1.807) is 0 Å². The zero-order valence-electron chi connectivity index (χ0n) is 12.0. The Hall–Kier alpha value is -0.448. The van der Waals surface area contributed by atoms with Gasteiger partial charge in [0.25, 0.3) is 0 Å². The van der Waals surface area contributed by atoms with Crippen LogP contribution in [0.5, 0.6) is 5.75 Å². The lowest BCUT2D eigenvalue weighted by atomic mass is 10.3. The molecule has 0 heterocycles. The number of rotatable bonds is 10. The monoisotopic (exact) mass is 262 g/mol. The first kappa shape index (κ1) is 15.6. The first-order valence-electron chi connectivity index (χ1n) is 7.58. The minimum atomic E-state index is -1.02. The average Bonchev–Trinajstić information content (AvgIpc) is 2.40. The molecule has 0 bridgehead atoms. The third kappa shape index (κ3) is 7.09. The minimum Gasteiger partial charge on any atom is -0.643 e. The van der Waals surface area contributed by atoms with Crippen molar-refractivity contribution in [2.24, 2.45) is 0 Å². The summed E-state index contributed by atoms with van der Waals surface area (Å²) in [6.45, 7) is 4.54. The van der Waals surface area contributed by atoms with Gasteiger partial charge in [-0.25, -0.2) is 0 Å². The predicted octanol–water partition coefficient (Wildman–Crippen LogP) is 5.44. The predicted molar refractivity (Wildman–Crippen MR) is 81.5 cm³/mol. The summed E-state index contributed by atoms with van der Waals surface area (Å²) in [4.78, 5) is 0. The molecule has 0 unspecified atom stereocenters. The van der Waals surface area contributed by atoms with E-state index in [1.807, 2.05) is 0 Å². The van der Waals surface area contributed by atoms with Crippen molar-refractivity contribution in [3.63, 3.8) is 0 Å². The van der Waals surface area contributed by atoms with E-state index in [-0.39, 0.29) is 0 Å². The van der Waals surface area contributed by atoms with Gasteiger partial charge in [0.2, 0.25) is 0 Å². The highest BCUT2D eigenvalue weighted by molar-refractivity contribution is 6.52. The molecule has 0 fully saturated rings. The summed E-state index contributed by atoms with van der Waals surface area (Å²) in [7, 11) is 0. The smallest absolute Gasteiger partial charge is 0.546 e. The van der Waals surface area contributed by atoms with Gasteiger partial charge in [0, 0.05) is 0 Å². The van der Waals surface area contributed by atoms with Gasteiger partial charge in [-0.15, -0.1) is 0 Å². The molecule has 1 nitrogen and oxygen atoms in total. The van der Waals surface area contributed by atoms with Crippen LogP contribution in [0.15, 0.2) is 30.3 Å². The second-order valence-corrected chi connectivity index (χ2v) is 7.68. The van der Waals surface area contributed by atoms with Crippen LogP contribution in [0.1, 0.15) is 52.4 Å². The lowest BCUT2D eigenvalue weighted by Crippen LogP contribution is -2.21. The highest BCUT2D eigenvalue weighted by Gasteiger charge is 2.22. The Kier molecular flexibility index (Phi) is 9.08. The third-order valence-corrected chi connectivity index (χ3v) is 6.02. The van der Waals surface area contributed by atoms with Gasteiger partial charge >= 0.3 is 14.5 Å². The zero-order chi connectivity index (χ0) is 13.1. The van der Waals surface area contributed by atoms with Crippen LogP contribution in [0.4, 0.5) is 0 Å². The van der Waals surface area contributed by atoms with Crippen molar-refractivity contribution in [2.75, 3.05) is 0 Å². The van der Waals surface area contributed by atoms with Crippen LogP contribution in [0.3, 0.4) is 0 Å². The second kappa shape index (κ2) is 10.5. The van der Waals surface area contributed by atoms with Crippen molar-refractivity contribution in [3.05, 3.63) is 30.3 Å². The molecule has 0 aliphatic carbocycles. The van der Waals surface area contributed by atoms with Crippen LogP contribution < -0.4 is 3.79 Å². The van der Waals surface area contributed by atoms with Crippen LogP contribution in [-0.2, 0) is 0 Å². The summed E-state index contributed by atoms with van der Waals surface area (Å²) in [6, 6.07) is 10.4. The van der Waals surface area contributed by atoms with E-state index in [0.29, 0.717) is 0 Å². The topological polar surface area (TPSA) is 9.23 Å². The van der Waals surface area contributed by atoms with E-state index in [4.69, 9.17) is 3.79 Å². The summed E-state index contributed by atoms with van der Waals surface area (Å²) >= 11 is -1.02. The largest absolute Gasteiger partial charge is 0.643 e. The fourth-order valence-corrected chi connectivity index (χ4v) is 4.75. The molecule has 0 radical (unpaired) electrons. The molecule has 0 spiro atoms. The van der Waals surface area contributed by atoms with E-state index < -0.39 is 14.5 Å². The summed E-state index contributed by atoms with van der Waals surface area (Å²) in [6.07, 6.45) is 8.03. The highest BCUT2D eigenvalue weighted by Crippen LogP contribution is 2.17. The Morgan fingerprint density at radius 3 is 1.89 bits per heavy atom. The van der Waals surface area contributed by atoms with Crippen LogP contribution in [0.2, 0.25) is 10.6 Å². The number of hydrogen-bond acceptors (Lipinski definition) is 1. The standard InChI is InChI=1S/C6H6O.2C5H11.Al/c7-6-4-2-1-3-5-6;2*1-3-5-4-2;/h1-5,7H;2*1,3-5H2,2H3;/q;;;+1/p-1.